The summed E-state index contributed by atoms with van der Waals surface area (Å²) in [5.41, 5.74) is 4.51. The normalized spacial score (nSPS) is 11.0. The maximum atomic E-state index is 12.8. The van der Waals surface area contributed by atoms with E-state index in [0.29, 0.717) is 16.5 Å². The molecule has 0 saturated heterocycles. The van der Waals surface area contributed by atoms with Gasteiger partial charge in [-0.15, -0.1) is 11.3 Å². The number of aromatic nitrogens is 4. The molecule has 0 bridgehead atoms. The van der Waals surface area contributed by atoms with Crippen LogP contribution in [0.25, 0.3) is 11.3 Å². The van der Waals surface area contributed by atoms with E-state index in [1.165, 1.54) is 11.3 Å². The molecule has 0 aliphatic carbocycles. The van der Waals surface area contributed by atoms with Gasteiger partial charge in [-0.05, 0) is 45.4 Å². The first-order chi connectivity index (χ1) is 14.9. The number of amides is 1. The molecule has 3 aromatic heterocycles. The number of hydrogen-bond acceptors (Lipinski definition) is 7. The molecule has 0 radical (unpaired) electrons. The van der Waals surface area contributed by atoms with E-state index in [9.17, 15) is 4.79 Å². The van der Waals surface area contributed by atoms with E-state index in [4.69, 9.17) is 9.26 Å². The number of aryl methyl sites for hydroxylation is 4. The summed E-state index contributed by atoms with van der Waals surface area (Å²) in [5.74, 6) is 0.876. The fraction of sp³-hybridized carbons (Fsp3) is 0.273. The minimum Gasteiger partial charge on any atom is -0.489 e. The van der Waals surface area contributed by atoms with Crippen LogP contribution in [-0.4, -0.2) is 25.8 Å². The summed E-state index contributed by atoms with van der Waals surface area (Å²) in [6.07, 6.45) is 1.96. The molecule has 0 aliphatic rings. The summed E-state index contributed by atoms with van der Waals surface area (Å²) in [5, 5.41) is 13.6. The SMILES string of the molecule is CCn1cc(-c2csc(NC(=O)c3noc(C)c3COc3cccc(C)c3)n2)c(C)n1. The predicted molar refractivity (Wildman–Crippen MR) is 118 cm³/mol. The average Bonchev–Trinajstić information content (AvgIpc) is 3.45. The van der Waals surface area contributed by atoms with Crippen molar-refractivity contribution in [2.24, 2.45) is 0 Å². The van der Waals surface area contributed by atoms with E-state index in [-0.39, 0.29) is 18.2 Å². The number of nitrogens with zero attached hydrogens (tertiary/aromatic N) is 4. The van der Waals surface area contributed by atoms with Crippen molar-refractivity contribution in [1.82, 2.24) is 19.9 Å². The number of carbonyl (C=O) groups excluding carboxylic acids is 1. The lowest BCUT2D eigenvalue weighted by Gasteiger charge is -2.07. The molecule has 8 nitrogen and oxygen atoms in total. The standard InChI is InChI=1S/C22H23N5O3S/c1-5-27-10-17(14(3)25-27)19-12-31-22(23-19)24-21(28)20-18(15(4)30-26-20)11-29-16-8-6-7-13(2)9-16/h6-10,12H,5,11H2,1-4H3,(H,23,24,28). The zero-order chi connectivity index (χ0) is 22.0. The van der Waals surface area contributed by atoms with E-state index in [2.05, 4.69) is 20.6 Å². The number of anilines is 1. The van der Waals surface area contributed by atoms with Crippen molar-refractivity contribution in [2.45, 2.75) is 40.8 Å². The molecule has 0 fully saturated rings. The van der Waals surface area contributed by atoms with Gasteiger partial charge in [-0.3, -0.25) is 14.8 Å². The summed E-state index contributed by atoms with van der Waals surface area (Å²) < 4.78 is 13.0. The van der Waals surface area contributed by atoms with Crippen LogP contribution in [0.1, 0.15) is 40.0 Å². The third kappa shape index (κ3) is 4.51. The summed E-state index contributed by atoms with van der Waals surface area (Å²) >= 11 is 1.35. The lowest BCUT2D eigenvalue weighted by atomic mass is 10.2. The van der Waals surface area contributed by atoms with Crippen molar-refractivity contribution in [2.75, 3.05) is 5.32 Å². The van der Waals surface area contributed by atoms with Gasteiger partial charge < -0.3 is 9.26 Å². The van der Waals surface area contributed by atoms with E-state index in [0.717, 1.165) is 34.8 Å². The van der Waals surface area contributed by atoms with Crippen LogP contribution < -0.4 is 10.1 Å². The predicted octanol–water partition coefficient (Wildman–Crippen LogP) is 4.77. The first kappa shape index (κ1) is 20.8. The molecule has 160 valence electrons. The zero-order valence-electron chi connectivity index (χ0n) is 17.8. The topological polar surface area (TPSA) is 95.1 Å². The first-order valence-electron chi connectivity index (χ1n) is 9.90. The van der Waals surface area contributed by atoms with Crippen molar-refractivity contribution in [3.05, 3.63) is 64.1 Å². The summed E-state index contributed by atoms with van der Waals surface area (Å²) in [6, 6.07) is 7.72. The number of thiazole rings is 1. The van der Waals surface area contributed by atoms with Gasteiger partial charge in [0.25, 0.3) is 5.91 Å². The van der Waals surface area contributed by atoms with Gasteiger partial charge in [0, 0.05) is 23.7 Å². The highest BCUT2D eigenvalue weighted by atomic mass is 32.1. The van der Waals surface area contributed by atoms with E-state index >= 15 is 0 Å². The Morgan fingerprint density at radius 2 is 2.13 bits per heavy atom. The third-order valence-electron chi connectivity index (χ3n) is 4.84. The fourth-order valence-corrected chi connectivity index (χ4v) is 3.85. The Balaban J connectivity index is 1.48. The van der Waals surface area contributed by atoms with Crippen molar-refractivity contribution in [3.63, 3.8) is 0 Å². The monoisotopic (exact) mass is 437 g/mol. The number of benzene rings is 1. The van der Waals surface area contributed by atoms with Gasteiger partial charge in [0.2, 0.25) is 0 Å². The summed E-state index contributed by atoms with van der Waals surface area (Å²) in [4.78, 5) is 17.4. The van der Waals surface area contributed by atoms with Gasteiger partial charge in [0.1, 0.15) is 18.1 Å². The second-order valence-corrected chi connectivity index (χ2v) is 8.01. The Bertz CT molecular complexity index is 1220. The number of carbonyl (C=O) groups is 1. The second kappa shape index (κ2) is 8.73. The molecule has 1 N–H and O–H groups in total. The Morgan fingerprint density at radius 3 is 2.87 bits per heavy atom. The molecule has 3 heterocycles. The highest BCUT2D eigenvalue weighted by Crippen LogP contribution is 2.28. The molecule has 0 unspecified atom stereocenters. The highest BCUT2D eigenvalue weighted by Gasteiger charge is 2.22. The lowest BCUT2D eigenvalue weighted by molar-refractivity contribution is 0.101. The molecule has 9 heteroatoms. The second-order valence-electron chi connectivity index (χ2n) is 7.15. The van der Waals surface area contributed by atoms with Gasteiger partial charge in [0.05, 0.1) is 17.0 Å². The molecule has 0 atom stereocenters. The maximum Gasteiger partial charge on any atom is 0.280 e. The summed E-state index contributed by atoms with van der Waals surface area (Å²) in [7, 11) is 0. The van der Waals surface area contributed by atoms with Gasteiger partial charge >= 0.3 is 0 Å². The zero-order valence-corrected chi connectivity index (χ0v) is 18.6. The van der Waals surface area contributed by atoms with Crippen molar-refractivity contribution in [1.29, 1.82) is 0 Å². The molecule has 0 aliphatic heterocycles. The smallest absolute Gasteiger partial charge is 0.280 e. The molecule has 0 saturated carbocycles. The Hall–Kier alpha value is -3.46. The quantitative estimate of drug-likeness (QED) is 0.447. The molecular weight excluding hydrogens is 414 g/mol. The number of nitrogens with one attached hydrogen (secondary N) is 1. The summed E-state index contributed by atoms with van der Waals surface area (Å²) in [6.45, 7) is 8.69. The van der Waals surface area contributed by atoms with Crippen LogP contribution in [0.15, 0.2) is 40.4 Å². The number of ether oxygens (including phenoxy) is 1. The highest BCUT2D eigenvalue weighted by molar-refractivity contribution is 7.14. The van der Waals surface area contributed by atoms with Crippen LogP contribution in [-0.2, 0) is 13.2 Å². The molecule has 1 amide bonds. The number of rotatable bonds is 7. The van der Waals surface area contributed by atoms with Crippen LogP contribution >= 0.6 is 11.3 Å². The van der Waals surface area contributed by atoms with E-state index in [1.807, 2.05) is 61.3 Å². The fourth-order valence-electron chi connectivity index (χ4n) is 3.14. The van der Waals surface area contributed by atoms with Crippen LogP contribution in [0.4, 0.5) is 5.13 Å². The molecule has 4 aromatic rings. The Labute approximate surface area is 183 Å². The van der Waals surface area contributed by atoms with Crippen LogP contribution in [0, 0.1) is 20.8 Å². The van der Waals surface area contributed by atoms with Gasteiger partial charge in [-0.25, -0.2) is 4.98 Å². The van der Waals surface area contributed by atoms with Crippen molar-refractivity contribution in [3.8, 4) is 17.0 Å². The molecular formula is C22H23N5O3S. The lowest BCUT2D eigenvalue weighted by Crippen LogP contribution is -2.15. The molecule has 1 aromatic carbocycles. The molecule has 0 spiro atoms. The van der Waals surface area contributed by atoms with Gasteiger partial charge in [-0.2, -0.15) is 5.10 Å². The number of hydrogen-bond donors (Lipinski definition) is 1. The minimum atomic E-state index is -0.387. The van der Waals surface area contributed by atoms with E-state index in [1.54, 1.807) is 6.92 Å². The van der Waals surface area contributed by atoms with Crippen molar-refractivity contribution < 1.29 is 14.1 Å². The molecule has 31 heavy (non-hydrogen) atoms. The Kier molecular flexibility index (Phi) is 5.85. The molecule has 4 rings (SSSR count). The average molecular weight is 438 g/mol. The minimum absolute atomic E-state index is 0.181. The van der Waals surface area contributed by atoms with Crippen LogP contribution in [0.2, 0.25) is 0 Å². The van der Waals surface area contributed by atoms with Gasteiger partial charge in [0.15, 0.2) is 10.8 Å². The van der Waals surface area contributed by atoms with E-state index < -0.39 is 0 Å². The van der Waals surface area contributed by atoms with Crippen LogP contribution in [0.5, 0.6) is 5.75 Å². The largest absolute Gasteiger partial charge is 0.489 e. The maximum absolute atomic E-state index is 12.8. The van der Waals surface area contributed by atoms with Gasteiger partial charge in [-0.1, -0.05) is 17.3 Å². The Morgan fingerprint density at radius 1 is 1.29 bits per heavy atom. The van der Waals surface area contributed by atoms with Crippen molar-refractivity contribution >= 4 is 22.4 Å². The van der Waals surface area contributed by atoms with Crippen LogP contribution in [0.3, 0.4) is 0 Å². The third-order valence-corrected chi connectivity index (χ3v) is 5.60. The first-order valence-corrected chi connectivity index (χ1v) is 10.8.